The maximum absolute atomic E-state index is 6.22. The number of rotatable bonds is 7. The zero-order valence-electron chi connectivity index (χ0n) is 16.9. The monoisotopic (exact) mass is 430 g/mol. The highest BCUT2D eigenvalue weighted by atomic mass is 32.1. The van der Waals surface area contributed by atoms with E-state index in [1.54, 1.807) is 12.5 Å². The molecule has 2 aromatic carbocycles. The fourth-order valence-electron chi connectivity index (χ4n) is 3.59. The molecule has 7 heteroatoms. The molecule has 1 aliphatic rings. The second kappa shape index (κ2) is 9.24. The first-order chi connectivity index (χ1) is 15.3. The summed E-state index contributed by atoms with van der Waals surface area (Å²) >= 11 is 1.54. The van der Waals surface area contributed by atoms with Gasteiger partial charge in [-0.05, 0) is 48.2 Å². The molecule has 0 amide bonds. The Kier molecular flexibility index (Phi) is 5.86. The minimum Gasteiger partial charge on any atom is -0.485 e. The van der Waals surface area contributed by atoms with Crippen molar-refractivity contribution in [2.75, 3.05) is 0 Å². The quantitative estimate of drug-likeness (QED) is 0.441. The van der Waals surface area contributed by atoms with Crippen LogP contribution >= 0.6 is 11.3 Å². The van der Waals surface area contributed by atoms with Crippen LogP contribution in [-0.2, 0) is 19.5 Å². The van der Waals surface area contributed by atoms with E-state index >= 15 is 0 Å². The first kappa shape index (κ1) is 19.7. The Morgan fingerprint density at radius 3 is 2.87 bits per heavy atom. The number of aryl methyl sites for hydroxylation is 1. The molecule has 0 aliphatic carbocycles. The van der Waals surface area contributed by atoms with Crippen LogP contribution in [0.3, 0.4) is 0 Å². The van der Waals surface area contributed by atoms with Gasteiger partial charge in [0.1, 0.15) is 23.9 Å². The standard InChI is InChI=1S/C24H22N4O2S/c1-2-4-17(5-3-1)22-8-6-18-12-20(7-9-23(18)30-22)29-24-27-15-21(31-24)14-26-13-19-10-11-25-16-28-19/h1-5,7,9-12,15-16,22,26H,6,8,13-14H2. The molecule has 31 heavy (non-hydrogen) atoms. The van der Waals surface area contributed by atoms with E-state index < -0.39 is 0 Å². The summed E-state index contributed by atoms with van der Waals surface area (Å²) < 4.78 is 12.2. The molecule has 0 bridgehead atoms. The van der Waals surface area contributed by atoms with Crippen LogP contribution in [0.5, 0.6) is 16.7 Å². The summed E-state index contributed by atoms with van der Waals surface area (Å²) in [4.78, 5) is 13.6. The summed E-state index contributed by atoms with van der Waals surface area (Å²) in [5.74, 6) is 1.72. The highest BCUT2D eigenvalue weighted by Gasteiger charge is 2.21. The Balaban J connectivity index is 1.18. The predicted molar refractivity (Wildman–Crippen MR) is 119 cm³/mol. The van der Waals surface area contributed by atoms with Crippen LogP contribution < -0.4 is 14.8 Å². The summed E-state index contributed by atoms with van der Waals surface area (Å²) in [6, 6.07) is 18.3. The fraction of sp³-hybridized carbons (Fsp3) is 0.208. The van der Waals surface area contributed by atoms with Gasteiger partial charge in [-0.2, -0.15) is 0 Å². The SMILES string of the molecule is c1ccc(C2CCc3cc(Oc4ncc(CNCc5ccncn5)s4)ccc3O2)cc1. The first-order valence-corrected chi connectivity index (χ1v) is 11.1. The van der Waals surface area contributed by atoms with Crippen molar-refractivity contribution in [3.05, 3.63) is 95.0 Å². The normalized spacial score (nSPS) is 15.2. The van der Waals surface area contributed by atoms with Crippen molar-refractivity contribution < 1.29 is 9.47 Å². The topological polar surface area (TPSA) is 69.2 Å². The number of fused-ring (bicyclic) bond motifs is 1. The summed E-state index contributed by atoms with van der Waals surface area (Å²) in [6.07, 6.45) is 7.17. The van der Waals surface area contributed by atoms with E-state index in [1.807, 2.05) is 30.5 Å². The van der Waals surface area contributed by atoms with Gasteiger partial charge in [0, 0.05) is 30.4 Å². The average Bonchev–Trinajstić information content (AvgIpc) is 3.27. The minimum atomic E-state index is 0.108. The van der Waals surface area contributed by atoms with Gasteiger partial charge in [0.15, 0.2) is 0 Å². The molecule has 2 aromatic heterocycles. The average molecular weight is 431 g/mol. The van der Waals surface area contributed by atoms with E-state index in [0.717, 1.165) is 34.9 Å². The van der Waals surface area contributed by atoms with Crippen molar-refractivity contribution in [3.63, 3.8) is 0 Å². The molecule has 4 aromatic rings. The molecular formula is C24H22N4O2S. The van der Waals surface area contributed by atoms with Crippen LogP contribution in [-0.4, -0.2) is 15.0 Å². The number of ether oxygens (including phenoxy) is 2. The second-order valence-electron chi connectivity index (χ2n) is 7.32. The molecule has 0 saturated heterocycles. The molecule has 3 heterocycles. The Morgan fingerprint density at radius 1 is 1.06 bits per heavy atom. The van der Waals surface area contributed by atoms with E-state index in [4.69, 9.17) is 9.47 Å². The van der Waals surface area contributed by atoms with Gasteiger partial charge in [-0.1, -0.05) is 41.7 Å². The van der Waals surface area contributed by atoms with E-state index in [1.165, 1.54) is 22.5 Å². The number of nitrogens with zero attached hydrogens (tertiary/aromatic N) is 3. The predicted octanol–water partition coefficient (Wildman–Crippen LogP) is 5.08. The molecule has 1 atom stereocenters. The molecular weight excluding hydrogens is 408 g/mol. The minimum absolute atomic E-state index is 0.108. The van der Waals surface area contributed by atoms with Crippen molar-refractivity contribution in [1.29, 1.82) is 0 Å². The third-order valence-electron chi connectivity index (χ3n) is 5.13. The number of benzene rings is 2. The molecule has 5 rings (SSSR count). The van der Waals surface area contributed by atoms with Crippen LogP contribution in [0.4, 0.5) is 0 Å². The molecule has 1 N–H and O–H groups in total. The number of thiazole rings is 1. The number of hydrogen-bond acceptors (Lipinski definition) is 7. The summed E-state index contributed by atoms with van der Waals surface area (Å²) in [7, 11) is 0. The molecule has 0 spiro atoms. The molecule has 0 saturated carbocycles. The van der Waals surface area contributed by atoms with Crippen LogP contribution in [0.2, 0.25) is 0 Å². The lowest BCUT2D eigenvalue weighted by Crippen LogP contribution is -2.15. The molecule has 1 unspecified atom stereocenters. The van der Waals surface area contributed by atoms with Crippen molar-refractivity contribution in [2.45, 2.75) is 32.0 Å². The maximum atomic E-state index is 6.22. The number of aromatic nitrogens is 3. The van der Waals surface area contributed by atoms with Gasteiger partial charge in [0.05, 0.1) is 5.69 Å². The Labute approximate surface area is 184 Å². The number of nitrogens with one attached hydrogen (secondary N) is 1. The molecule has 1 aliphatic heterocycles. The summed E-state index contributed by atoms with van der Waals surface area (Å²) in [5.41, 5.74) is 3.35. The second-order valence-corrected chi connectivity index (χ2v) is 8.40. The number of hydrogen-bond donors (Lipinski definition) is 1. The van der Waals surface area contributed by atoms with Crippen molar-refractivity contribution in [2.24, 2.45) is 0 Å². The maximum Gasteiger partial charge on any atom is 0.278 e. The zero-order valence-corrected chi connectivity index (χ0v) is 17.7. The lowest BCUT2D eigenvalue weighted by molar-refractivity contribution is 0.176. The summed E-state index contributed by atoms with van der Waals surface area (Å²) in [5, 5.41) is 4.00. The van der Waals surface area contributed by atoms with Crippen LogP contribution in [0.25, 0.3) is 0 Å². The van der Waals surface area contributed by atoms with Gasteiger partial charge < -0.3 is 14.8 Å². The van der Waals surface area contributed by atoms with Gasteiger partial charge in [-0.25, -0.2) is 15.0 Å². The Hall–Kier alpha value is -3.29. The van der Waals surface area contributed by atoms with Gasteiger partial charge in [0.25, 0.3) is 5.19 Å². The fourth-order valence-corrected chi connectivity index (χ4v) is 4.33. The van der Waals surface area contributed by atoms with Crippen LogP contribution in [0, 0.1) is 0 Å². The van der Waals surface area contributed by atoms with E-state index in [9.17, 15) is 0 Å². The van der Waals surface area contributed by atoms with Gasteiger partial charge in [0.2, 0.25) is 0 Å². The molecule has 0 radical (unpaired) electrons. The van der Waals surface area contributed by atoms with Crippen molar-refractivity contribution in [1.82, 2.24) is 20.3 Å². The lowest BCUT2D eigenvalue weighted by atomic mass is 9.97. The van der Waals surface area contributed by atoms with E-state index in [0.29, 0.717) is 18.3 Å². The van der Waals surface area contributed by atoms with Crippen LogP contribution in [0.15, 0.2) is 73.3 Å². The Bertz CT molecular complexity index is 1130. The smallest absolute Gasteiger partial charge is 0.278 e. The third-order valence-corrected chi connectivity index (χ3v) is 6.01. The summed E-state index contributed by atoms with van der Waals surface area (Å²) in [6.45, 7) is 1.40. The van der Waals surface area contributed by atoms with E-state index in [-0.39, 0.29) is 6.10 Å². The largest absolute Gasteiger partial charge is 0.485 e. The highest BCUT2D eigenvalue weighted by molar-refractivity contribution is 7.13. The molecule has 0 fully saturated rings. The van der Waals surface area contributed by atoms with Crippen molar-refractivity contribution in [3.8, 4) is 16.7 Å². The van der Waals surface area contributed by atoms with Gasteiger partial charge in [-0.3, -0.25) is 0 Å². The first-order valence-electron chi connectivity index (χ1n) is 10.3. The molecule has 156 valence electrons. The van der Waals surface area contributed by atoms with Crippen molar-refractivity contribution >= 4 is 11.3 Å². The molecule has 6 nitrogen and oxygen atoms in total. The highest BCUT2D eigenvalue weighted by Crippen LogP contribution is 2.37. The third kappa shape index (κ3) is 4.90. The zero-order chi connectivity index (χ0) is 20.9. The lowest BCUT2D eigenvalue weighted by Gasteiger charge is -2.26. The van der Waals surface area contributed by atoms with Gasteiger partial charge >= 0.3 is 0 Å². The van der Waals surface area contributed by atoms with E-state index in [2.05, 4.69) is 50.6 Å². The Morgan fingerprint density at radius 2 is 2.00 bits per heavy atom. The van der Waals surface area contributed by atoms with Gasteiger partial charge in [-0.15, -0.1) is 0 Å². The van der Waals surface area contributed by atoms with Crippen LogP contribution in [0.1, 0.15) is 34.2 Å².